The van der Waals surface area contributed by atoms with Gasteiger partial charge in [-0.1, -0.05) is 17.8 Å². The molecule has 1 aromatic carbocycles. The zero-order chi connectivity index (χ0) is 14.1. The van der Waals surface area contributed by atoms with Crippen LogP contribution in [-0.2, 0) is 0 Å². The van der Waals surface area contributed by atoms with Gasteiger partial charge in [0.2, 0.25) is 5.95 Å². The Morgan fingerprint density at radius 2 is 2.10 bits per heavy atom. The first-order chi connectivity index (χ1) is 9.65. The Hall–Kier alpha value is -1.79. The molecule has 0 amide bonds. The van der Waals surface area contributed by atoms with Crippen molar-refractivity contribution >= 4 is 39.3 Å². The van der Waals surface area contributed by atoms with Gasteiger partial charge in [0.15, 0.2) is 0 Å². The van der Waals surface area contributed by atoms with E-state index < -0.39 is 0 Å². The van der Waals surface area contributed by atoms with Gasteiger partial charge in [0.05, 0.1) is 7.11 Å². The van der Waals surface area contributed by atoms with Crippen LogP contribution in [0.2, 0.25) is 0 Å². The summed E-state index contributed by atoms with van der Waals surface area (Å²) in [7, 11) is 1.66. The SMILES string of the molecule is COc1cccc(Sc2nc(N)nc3sc(C)cc23)c1. The lowest BCUT2D eigenvalue weighted by atomic mass is 10.3. The summed E-state index contributed by atoms with van der Waals surface area (Å²) in [6, 6.07) is 9.98. The van der Waals surface area contributed by atoms with Crippen LogP contribution in [0.1, 0.15) is 4.88 Å². The van der Waals surface area contributed by atoms with Gasteiger partial charge in [-0.15, -0.1) is 11.3 Å². The molecule has 2 aromatic heterocycles. The second-order valence-corrected chi connectivity index (χ2v) is 6.54. The number of thiophene rings is 1. The number of benzene rings is 1. The fraction of sp³-hybridized carbons (Fsp3) is 0.143. The van der Waals surface area contributed by atoms with E-state index in [4.69, 9.17) is 10.5 Å². The summed E-state index contributed by atoms with van der Waals surface area (Å²) in [4.78, 5) is 11.8. The topological polar surface area (TPSA) is 61.0 Å². The molecule has 4 nitrogen and oxygen atoms in total. The van der Waals surface area contributed by atoms with Gasteiger partial charge in [-0.3, -0.25) is 0 Å². The van der Waals surface area contributed by atoms with Gasteiger partial charge in [-0.05, 0) is 31.2 Å². The molecule has 102 valence electrons. The number of nitrogens with two attached hydrogens (primary N) is 1. The number of ether oxygens (including phenoxy) is 1. The van der Waals surface area contributed by atoms with E-state index in [1.807, 2.05) is 24.3 Å². The zero-order valence-electron chi connectivity index (χ0n) is 11.1. The minimum Gasteiger partial charge on any atom is -0.497 e. The predicted molar refractivity (Wildman–Crippen MR) is 83.7 cm³/mol. The highest BCUT2D eigenvalue weighted by Crippen LogP contribution is 2.36. The number of rotatable bonds is 3. The van der Waals surface area contributed by atoms with E-state index in [1.54, 1.807) is 30.2 Å². The molecule has 0 saturated carbocycles. The molecule has 0 spiro atoms. The monoisotopic (exact) mass is 303 g/mol. The Morgan fingerprint density at radius 3 is 2.90 bits per heavy atom. The lowest BCUT2D eigenvalue weighted by Crippen LogP contribution is -1.95. The van der Waals surface area contributed by atoms with Gasteiger partial charge in [-0.25, -0.2) is 9.97 Å². The molecule has 0 aliphatic rings. The van der Waals surface area contributed by atoms with Crippen molar-refractivity contribution in [2.75, 3.05) is 12.8 Å². The maximum atomic E-state index is 5.79. The van der Waals surface area contributed by atoms with Gasteiger partial charge in [-0.2, -0.15) is 0 Å². The van der Waals surface area contributed by atoms with E-state index in [9.17, 15) is 0 Å². The number of hydrogen-bond acceptors (Lipinski definition) is 6. The molecule has 0 saturated heterocycles. The number of nitrogen functional groups attached to an aromatic ring is 1. The fourth-order valence-electron chi connectivity index (χ4n) is 1.89. The highest BCUT2D eigenvalue weighted by molar-refractivity contribution is 7.99. The number of methoxy groups -OCH3 is 1. The van der Waals surface area contributed by atoms with E-state index in [2.05, 4.69) is 23.0 Å². The van der Waals surface area contributed by atoms with Gasteiger partial charge in [0.25, 0.3) is 0 Å². The molecule has 3 rings (SSSR count). The van der Waals surface area contributed by atoms with Crippen molar-refractivity contribution in [1.29, 1.82) is 0 Å². The molecule has 2 heterocycles. The van der Waals surface area contributed by atoms with Crippen molar-refractivity contribution in [2.45, 2.75) is 16.8 Å². The number of nitrogens with zero attached hydrogens (tertiary/aromatic N) is 2. The fourth-order valence-corrected chi connectivity index (χ4v) is 3.79. The molecule has 0 aliphatic carbocycles. The van der Waals surface area contributed by atoms with Crippen molar-refractivity contribution in [1.82, 2.24) is 9.97 Å². The number of anilines is 1. The van der Waals surface area contributed by atoms with Crippen molar-refractivity contribution in [3.63, 3.8) is 0 Å². The molecular weight excluding hydrogens is 290 g/mol. The third kappa shape index (κ3) is 2.57. The standard InChI is InChI=1S/C14H13N3OS2/c1-8-6-11-12(19-8)16-14(15)17-13(11)20-10-5-3-4-9(7-10)18-2/h3-7H,1-2H3,(H2,15,16,17). The Kier molecular flexibility index (Phi) is 3.50. The van der Waals surface area contributed by atoms with Crippen LogP contribution in [0.4, 0.5) is 5.95 Å². The van der Waals surface area contributed by atoms with Gasteiger partial charge in [0.1, 0.15) is 15.6 Å². The van der Waals surface area contributed by atoms with Crippen LogP contribution in [0.5, 0.6) is 5.75 Å². The number of aromatic nitrogens is 2. The third-order valence-electron chi connectivity index (χ3n) is 2.75. The summed E-state index contributed by atoms with van der Waals surface area (Å²) in [6.45, 7) is 2.06. The largest absolute Gasteiger partial charge is 0.497 e. The Morgan fingerprint density at radius 1 is 1.25 bits per heavy atom. The zero-order valence-corrected chi connectivity index (χ0v) is 12.7. The predicted octanol–water partition coefficient (Wildman–Crippen LogP) is 3.74. The van der Waals surface area contributed by atoms with Crippen LogP contribution in [0, 0.1) is 6.92 Å². The van der Waals surface area contributed by atoms with Crippen molar-refractivity contribution in [3.05, 3.63) is 35.2 Å². The van der Waals surface area contributed by atoms with E-state index >= 15 is 0 Å². The second kappa shape index (κ2) is 5.30. The van der Waals surface area contributed by atoms with Crippen LogP contribution in [0.3, 0.4) is 0 Å². The summed E-state index contributed by atoms with van der Waals surface area (Å²) >= 11 is 3.20. The van der Waals surface area contributed by atoms with Crippen molar-refractivity contribution < 1.29 is 4.74 Å². The Labute approximate surface area is 125 Å². The molecule has 6 heteroatoms. The Bertz CT molecular complexity index is 770. The summed E-state index contributed by atoms with van der Waals surface area (Å²) in [5.41, 5.74) is 5.79. The molecule has 2 N–H and O–H groups in total. The van der Waals surface area contributed by atoms with Gasteiger partial charge >= 0.3 is 0 Å². The minimum atomic E-state index is 0.310. The quantitative estimate of drug-likeness (QED) is 0.747. The van der Waals surface area contributed by atoms with E-state index in [0.717, 1.165) is 25.9 Å². The smallest absolute Gasteiger partial charge is 0.222 e. The molecule has 0 aliphatic heterocycles. The molecule has 0 unspecified atom stereocenters. The first-order valence-corrected chi connectivity index (χ1v) is 7.64. The maximum absolute atomic E-state index is 5.79. The van der Waals surface area contributed by atoms with Crippen LogP contribution < -0.4 is 10.5 Å². The molecule has 0 atom stereocenters. The van der Waals surface area contributed by atoms with Crippen molar-refractivity contribution in [2.24, 2.45) is 0 Å². The maximum Gasteiger partial charge on any atom is 0.222 e. The number of fused-ring (bicyclic) bond motifs is 1. The third-order valence-corrected chi connectivity index (χ3v) is 4.69. The highest BCUT2D eigenvalue weighted by atomic mass is 32.2. The van der Waals surface area contributed by atoms with Crippen molar-refractivity contribution in [3.8, 4) is 5.75 Å². The van der Waals surface area contributed by atoms with Gasteiger partial charge in [0, 0.05) is 15.2 Å². The molecule has 3 aromatic rings. The molecule has 0 bridgehead atoms. The van der Waals surface area contributed by atoms with Crippen LogP contribution in [0.15, 0.2) is 40.3 Å². The first kappa shape index (κ1) is 13.2. The summed E-state index contributed by atoms with van der Waals surface area (Å²) in [5, 5.41) is 1.93. The molecular formula is C14H13N3OS2. The molecule has 0 fully saturated rings. The second-order valence-electron chi connectivity index (χ2n) is 4.24. The summed E-state index contributed by atoms with van der Waals surface area (Å²) in [5.74, 6) is 1.14. The van der Waals surface area contributed by atoms with E-state index in [-0.39, 0.29) is 0 Å². The average molecular weight is 303 g/mol. The lowest BCUT2D eigenvalue weighted by molar-refractivity contribution is 0.413. The van der Waals surface area contributed by atoms with E-state index in [0.29, 0.717) is 5.95 Å². The number of aryl methyl sites for hydroxylation is 1. The van der Waals surface area contributed by atoms with Crippen LogP contribution in [-0.4, -0.2) is 17.1 Å². The normalized spacial score (nSPS) is 10.9. The minimum absolute atomic E-state index is 0.310. The highest BCUT2D eigenvalue weighted by Gasteiger charge is 2.11. The molecule has 0 radical (unpaired) electrons. The Balaban J connectivity index is 2.05. The van der Waals surface area contributed by atoms with Crippen LogP contribution >= 0.6 is 23.1 Å². The van der Waals surface area contributed by atoms with E-state index in [1.165, 1.54) is 4.88 Å². The van der Waals surface area contributed by atoms with Crippen LogP contribution in [0.25, 0.3) is 10.2 Å². The summed E-state index contributed by atoms with van der Waals surface area (Å²) < 4.78 is 5.24. The lowest BCUT2D eigenvalue weighted by Gasteiger charge is -2.05. The first-order valence-electron chi connectivity index (χ1n) is 6.01. The number of hydrogen-bond donors (Lipinski definition) is 1. The average Bonchev–Trinajstić information content (AvgIpc) is 2.79. The summed E-state index contributed by atoms with van der Waals surface area (Å²) in [6.07, 6.45) is 0. The van der Waals surface area contributed by atoms with Gasteiger partial charge < -0.3 is 10.5 Å². The molecule has 20 heavy (non-hydrogen) atoms.